The number of hydrogen-bond donors (Lipinski definition) is 4. The van der Waals surface area contributed by atoms with Gasteiger partial charge in [-0.25, -0.2) is 0 Å². The Hall–Kier alpha value is -1.66. The molecule has 0 atom stereocenters. The van der Waals surface area contributed by atoms with Gasteiger partial charge < -0.3 is 30.3 Å². The van der Waals surface area contributed by atoms with E-state index in [0.717, 1.165) is 0 Å². The van der Waals surface area contributed by atoms with Crippen LogP contribution in [0.15, 0.2) is 12.1 Å². The number of ether oxygens (including phenoxy) is 2. The minimum atomic E-state index is 0.0137. The summed E-state index contributed by atoms with van der Waals surface area (Å²) in [6, 6.07) is 3.56. The molecule has 0 bridgehead atoms. The molecular formula is C12H20N2O4. The Bertz CT molecular complexity index is 336. The van der Waals surface area contributed by atoms with Crippen LogP contribution in [0.4, 0.5) is 11.4 Å². The fourth-order valence-corrected chi connectivity index (χ4v) is 1.62. The molecule has 0 saturated heterocycles. The van der Waals surface area contributed by atoms with E-state index in [-0.39, 0.29) is 13.2 Å². The molecule has 6 nitrogen and oxygen atoms in total. The minimum absolute atomic E-state index is 0.0137. The Kier molecular flexibility index (Phi) is 6.10. The lowest BCUT2D eigenvalue weighted by atomic mass is 10.2. The molecule has 1 aromatic rings. The van der Waals surface area contributed by atoms with Crippen LogP contribution in [-0.4, -0.2) is 50.7 Å². The maximum Gasteiger partial charge on any atom is 0.144 e. The van der Waals surface area contributed by atoms with Gasteiger partial charge in [-0.15, -0.1) is 0 Å². The largest absolute Gasteiger partial charge is 0.495 e. The van der Waals surface area contributed by atoms with Gasteiger partial charge in [0.25, 0.3) is 0 Å². The Labute approximate surface area is 107 Å². The number of aliphatic hydroxyl groups excluding tert-OH is 2. The van der Waals surface area contributed by atoms with Gasteiger partial charge in [0.2, 0.25) is 0 Å². The maximum atomic E-state index is 8.89. The van der Waals surface area contributed by atoms with Gasteiger partial charge in [-0.2, -0.15) is 0 Å². The van der Waals surface area contributed by atoms with Crippen LogP contribution in [-0.2, 0) is 0 Å². The highest BCUT2D eigenvalue weighted by Crippen LogP contribution is 2.39. The maximum absolute atomic E-state index is 8.89. The van der Waals surface area contributed by atoms with Crippen molar-refractivity contribution in [3.8, 4) is 11.5 Å². The van der Waals surface area contributed by atoms with Gasteiger partial charge in [0.05, 0.1) is 27.4 Å². The molecule has 1 rings (SSSR count). The second kappa shape index (κ2) is 7.62. The predicted molar refractivity (Wildman–Crippen MR) is 70.7 cm³/mol. The van der Waals surface area contributed by atoms with E-state index in [0.29, 0.717) is 36.0 Å². The molecule has 0 aliphatic heterocycles. The molecule has 0 amide bonds. The molecule has 0 unspecified atom stereocenters. The van der Waals surface area contributed by atoms with Crippen LogP contribution in [0.5, 0.6) is 11.5 Å². The molecular weight excluding hydrogens is 236 g/mol. The fraction of sp³-hybridized carbons (Fsp3) is 0.500. The van der Waals surface area contributed by atoms with Crippen molar-refractivity contribution in [1.29, 1.82) is 0 Å². The summed E-state index contributed by atoms with van der Waals surface area (Å²) in [4.78, 5) is 0. The van der Waals surface area contributed by atoms with Gasteiger partial charge in [-0.05, 0) is 12.1 Å². The zero-order valence-electron chi connectivity index (χ0n) is 10.7. The molecule has 0 aliphatic carbocycles. The van der Waals surface area contributed by atoms with E-state index in [1.54, 1.807) is 26.4 Å². The predicted octanol–water partition coefficient (Wildman–Crippen LogP) is 0.512. The zero-order chi connectivity index (χ0) is 13.4. The normalized spacial score (nSPS) is 10.0. The van der Waals surface area contributed by atoms with Gasteiger partial charge >= 0.3 is 0 Å². The van der Waals surface area contributed by atoms with Crippen molar-refractivity contribution >= 4 is 11.4 Å². The van der Waals surface area contributed by atoms with E-state index < -0.39 is 0 Å². The fourth-order valence-electron chi connectivity index (χ4n) is 1.62. The highest BCUT2D eigenvalue weighted by atomic mass is 16.5. The molecule has 18 heavy (non-hydrogen) atoms. The van der Waals surface area contributed by atoms with Crippen LogP contribution >= 0.6 is 0 Å². The molecule has 0 heterocycles. The number of hydrogen-bond acceptors (Lipinski definition) is 6. The summed E-state index contributed by atoms with van der Waals surface area (Å²) in [6.07, 6.45) is 0. The van der Waals surface area contributed by atoms with Gasteiger partial charge in [0.15, 0.2) is 0 Å². The summed E-state index contributed by atoms with van der Waals surface area (Å²) in [6.45, 7) is 0.828. The number of aliphatic hydroxyl groups is 2. The van der Waals surface area contributed by atoms with Gasteiger partial charge in [0.1, 0.15) is 22.9 Å². The van der Waals surface area contributed by atoms with Crippen LogP contribution in [0.25, 0.3) is 0 Å². The monoisotopic (exact) mass is 256 g/mol. The summed E-state index contributed by atoms with van der Waals surface area (Å²) in [5.74, 6) is 1.29. The number of methoxy groups -OCH3 is 2. The summed E-state index contributed by atoms with van der Waals surface area (Å²) in [5, 5.41) is 23.9. The number of benzene rings is 1. The van der Waals surface area contributed by atoms with Crippen molar-refractivity contribution in [3.63, 3.8) is 0 Å². The molecule has 102 valence electrons. The number of anilines is 2. The molecule has 0 aliphatic rings. The molecule has 0 aromatic heterocycles. The quantitative estimate of drug-likeness (QED) is 0.542. The van der Waals surface area contributed by atoms with Crippen LogP contribution in [0.3, 0.4) is 0 Å². The first-order chi connectivity index (χ1) is 8.78. The van der Waals surface area contributed by atoms with Crippen LogP contribution < -0.4 is 20.1 Å². The van der Waals surface area contributed by atoms with Crippen molar-refractivity contribution in [2.45, 2.75) is 0 Å². The first kappa shape index (κ1) is 14.4. The van der Waals surface area contributed by atoms with Crippen molar-refractivity contribution in [2.24, 2.45) is 0 Å². The van der Waals surface area contributed by atoms with Crippen molar-refractivity contribution in [2.75, 3.05) is 51.2 Å². The second-order valence-electron chi connectivity index (χ2n) is 3.52. The summed E-state index contributed by atoms with van der Waals surface area (Å²) >= 11 is 0. The number of nitrogens with one attached hydrogen (secondary N) is 2. The zero-order valence-corrected chi connectivity index (χ0v) is 10.7. The lowest BCUT2D eigenvalue weighted by Crippen LogP contribution is -2.13. The standard InChI is InChI=1S/C12H20N2O4/c1-17-9-3-4-10(18-2)12(14-6-8-16)11(9)13-5-7-15/h3-4,13-16H,5-8H2,1-2H3. The topological polar surface area (TPSA) is 83.0 Å². The lowest BCUT2D eigenvalue weighted by Gasteiger charge is -2.19. The van der Waals surface area contributed by atoms with Gasteiger partial charge in [0, 0.05) is 13.1 Å². The van der Waals surface area contributed by atoms with E-state index in [1.807, 2.05) is 0 Å². The van der Waals surface area contributed by atoms with Crippen LogP contribution in [0.2, 0.25) is 0 Å². The first-order valence-corrected chi connectivity index (χ1v) is 5.72. The van der Waals surface area contributed by atoms with Crippen molar-refractivity contribution in [1.82, 2.24) is 0 Å². The third-order valence-electron chi connectivity index (χ3n) is 2.40. The molecule has 0 spiro atoms. The number of rotatable bonds is 8. The second-order valence-corrected chi connectivity index (χ2v) is 3.52. The Morgan fingerprint density at radius 3 is 1.56 bits per heavy atom. The third kappa shape index (κ3) is 3.41. The van der Waals surface area contributed by atoms with Crippen LogP contribution in [0, 0.1) is 0 Å². The minimum Gasteiger partial charge on any atom is -0.495 e. The molecule has 1 aromatic carbocycles. The third-order valence-corrected chi connectivity index (χ3v) is 2.40. The highest BCUT2D eigenvalue weighted by molar-refractivity contribution is 5.81. The van der Waals surface area contributed by atoms with E-state index in [1.165, 1.54) is 0 Å². The van der Waals surface area contributed by atoms with Crippen molar-refractivity contribution < 1.29 is 19.7 Å². The molecule has 6 heteroatoms. The average molecular weight is 256 g/mol. The Morgan fingerprint density at radius 1 is 0.889 bits per heavy atom. The molecule has 0 fully saturated rings. The summed E-state index contributed by atoms with van der Waals surface area (Å²) in [5.41, 5.74) is 1.42. The van der Waals surface area contributed by atoms with Crippen molar-refractivity contribution in [3.05, 3.63) is 12.1 Å². The van der Waals surface area contributed by atoms with Crippen LogP contribution in [0.1, 0.15) is 0 Å². The molecule has 4 N–H and O–H groups in total. The van der Waals surface area contributed by atoms with E-state index in [2.05, 4.69) is 10.6 Å². The Morgan fingerprint density at radius 2 is 1.28 bits per heavy atom. The molecule has 0 saturated carbocycles. The van der Waals surface area contributed by atoms with Gasteiger partial charge in [-0.3, -0.25) is 0 Å². The summed E-state index contributed by atoms with van der Waals surface area (Å²) < 4.78 is 10.5. The molecule has 0 radical (unpaired) electrons. The lowest BCUT2D eigenvalue weighted by molar-refractivity contribution is 0.309. The van der Waals surface area contributed by atoms with E-state index in [9.17, 15) is 0 Å². The summed E-state index contributed by atoms with van der Waals surface area (Å²) in [7, 11) is 3.14. The van der Waals surface area contributed by atoms with E-state index in [4.69, 9.17) is 19.7 Å². The smallest absolute Gasteiger partial charge is 0.144 e. The van der Waals surface area contributed by atoms with E-state index >= 15 is 0 Å². The highest BCUT2D eigenvalue weighted by Gasteiger charge is 2.14. The Balaban J connectivity index is 3.10. The SMILES string of the molecule is COc1ccc(OC)c(NCCO)c1NCCO. The van der Waals surface area contributed by atoms with Gasteiger partial charge in [-0.1, -0.05) is 0 Å². The first-order valence-electron chi connectivity index (χ1n) is 5.72. The average Bonchev–Trinajstić information content (AvgIpc) is 2.42.